The van der Waals surface area contributed by atoms with Gasteiger partial charge in [-0.3, -0.25) is 9.59 Å². The summed E-state index contributed by atoms with van der Waals surface area (Å²) >= 11 is 0. The molecule has 0 bridgehead atoms. The van der Waals surface area contributed by atoms with Gasteiger partial charge in [-0.15, -0.1) is 0 Å². The zero-order chi connectivity index (χ0) is 12.6. The molecule has 16 heavy (non-hydrogen) atoms. The van der Waals surface area contributed by atoms with Crippen LogP contribution in [0.1, 0.15) is 33.1 Å². The second-order valence-electron chi connectivity index (χ2n) is 3.38. The van der Waals surface area contributed by atoms with Crippen LogP contribution in [0.15, 0.2) is 0 Å². The number of hydrogen-bond acceptors (Lipinski definition) is 4. The fraction of sp³-hybridized carbons (Fsp3) is 0.700. The van der Waals surface area contributed by atoms with Crippen LogP contribution >= 0.6 is 0 Å². The van der Waals surface area contributed by atoms with Gasteiger partial charge in [0.1, 0.15) is 6.04 Å². The van der Waals surface area contributed by atoms with Crippen LogP contribution in [0.3, 0.4) is 0 Å². The molecule has 0 radical (unpaired) electrons. The number of ether oxygens (including phenoxy) is 1. The summed E-state index contributed by atoms with van der Waals surface area (Å²) in [5.74, 6) is -2.25. The largest absolute Gasteiger partial charge is 0.480 e. The van der Waals surface area contributed by atoms with Crippen LogP contribution in [0.25, 0.3) is 0 Å². The van der Waals surface area contributed by atoms with Gasteiger partial charge >= 0.3 is 11.9 Å². The van der Waals surface area contributed by atoms with Crippen molar-refractivity contribution in [3.05, 3.63) is 0 Å². The van der Waals surface area contributed by atoms with Crippen molar-refractivity contribution >= 4 is 17.8 Å². The summed E-state index contributed by atoms with van der Waals surface area (Å²) < 4.78 is 4.44. The molecule has 6 heteroatoms. The Kier molecular flexibility index (Phi) is 6.91. The molecule has 0 aromatic rings. The molecule has 2 N–H and O–H groups in total. The van der Waals surface area contributed by atoms with E-state index in [4.69, 9.17) is 5.11 Å². The van der Waals surface area contributed by atoms with Gasteiger partial charge in [0.25, 0.3) is 5.91 Å². The Bertz CT molecular complexity index is 264. The molecule has 1 atom stereocenters. The molecule has 0 aliphatic heterocycles. The lowest BCUT2D eigenvalue weighted by atomic mass is 10.1. The zero-order valence-corrected chi connectivity index (χ0v) is 9.49. The SMILES string of the molecule is CCCC[C@@H](NC(=O)COC(C)=O)C(=O)O. The first kappa shape index (κ1) is 14.4. The summed E-state index contributed by atoms with van der Waals surface area (Å²) in [6.07, 6.45) is 1.94. The molecule has 6 nitrogen and oxygen atoms in total. The molecule has 0 aromatic carbocycles. The van der Waals surface area contributed by atoms with Gasteiger partial charge in [0, 0.05) is 6.92 Å². The number of unbranched alkanes of at least 4 members (excludes halogenated alkanes) is 1. The van der Waals surface area contributed by atoms with Crippen molar-refractivity contribution in [1.82, 2.24) is 5.32 Å². The van der Waals surface area contributed by atoms with Crippen molar-refractivity contribution in [3.8, 4) is 0 Å². The van der Waals surface area contributed by atoms with E-state index in [1.54, 1.807) is 0 Å². The molecule has 0 heterocycles. The topological polar surface area (TPSA) is 92.7 Å². The van der Waals surface area contributed by atoms with E-state index >= 15 is 0 Å². The van der Waals surface area contributed by atoms with E-state index in [1.807, 2.05) is 6.92 Å². The van der Waals surface area contributed by atoms with E-state index in [-0.39, 0.29) is 0 Å². The molecular weight excluding hydrogens is 214 g/mol. The molecule has 0 saturated heterocycles. The molecule has 0 spiro atoms. The first-order valence-corrected chi connectivity index (χ1v) is 5.13. The monoisotopic (exact) mass is 231 g/mol. The number of hydrogen-bond donors (Lipinski definition) is 2. The number of carboxylic acid groups (broad SMARTS) is 1. The van der Waals surface area contributed by atoms with Crippen molar-refractivity contribution < 1.29 is 24.2 Å². The third kappa shape index (κ3) is 6.80. The fourth-order valence-corrected chi connectivity index (χ4v) is 1.07. The van der Waals surface area contributed by atoms with Gasteiger partial charge in [-0.2, -0.15) is 0 Å². The van der Waals surface area contributed by atoms with Gasteiger partial charge < -0.3 is 15.2 Å². The Morgan fingerprint density at radius 2 is 2.00 bits per heavy atom. The number of amides is 1. The fourth-order valence-electron chi connectivity index (χ4n) is 1.07. The zero-order valence-electron chi connectivity index (χ0n) is 9.49. The van der Waals surface area contributed by atoms with Crippen LogP contribution in [0, 0.1) is 0 Å². The number of rotatable bonds is 7. The van der Waals surface area contributed by atoms with Crippen molar-refractivity contribution in [2.45, 2.75) is 39.2 Å². The number of esters is 1. The van der Waals surface area contributed by atoms with Gasteiger partial charge in [-0.1, -0.05) is 19.8 Å². The molecule has 0 aromatic heterocycles. The van der Waals surface area contributed by atoms with E-state index < -0.39 is 30.5 Å². The normalized spacial score (nSPS) is 11.6. The first-order valence-electron chi connectivity index (χ1n) is 5.13. The lowest BCUT2D eigenvalue weighted by Crippen LogP contribution is -2.42. The molecule has 0 fully saturated rings. The predicted molar refractivity (Wildman–Crippen MR) is 55.7 cm³/mol. The highest BCUT2D eigenvalue weighted by atomic mass is 16.5. The number of carboxylic acids is 1. The lowest BCUT2D eigenvalue weighted by Gasteiger charge is -2.13. The van der Waals surface area contributed by atoms with Crippen LogP contribution < -0.4 is 5.32 Å². The van der Waals surface area contributed by atoms with Gasteiger partial charge in [0.2, 0.25) is 0 Å². The third-order valence-corrected chi connectivity index (χ3v) is 1.89. The van der Waals surface area contributed by atoms with Crippen LogP contribution in [-0.2, 0) is 19.1 Å². The van der Waals surface area contributed by atoms with E-state index in [1.165, 1.54) is 6.92 Å². The van der Waals surface area contributed by atoms with Crippen LogP contribution in [0.5, 0.6) is 0 Å². The van der Waals surface area contributed by atoms with Crippen LogP contribution in [0.2, 0.25) is 0 Å². The van der Waals surface area contributed by atoms with Crippen molar-refractivity contribution in [2.24, 2.45) is 0 Å². The van der Waals surface area contributed by atoms with E-state index in [0.29, 0.717) is 12.8 Å². The van der Waals surface area contributed by atoms with Crippen molar-refractivity contribution in [2.75, 3.05) is 6.61 Å². The van der Waals surface area contributed by atoms with E-state index in [2.05, 4.69) is 10.1 Å². The van der Waals surface area contributed by atoms with Crippen molar-refractivity contribution in [1.29, 1.82) is 0 Å². The minimum atomic E-state index is -1.08. The predicted octanol–water partition coefficient (Wildman–Crippen LogP) is 0.309. The van der Waals surface area contributed by atoms with E-state index in [9.17, 15) is 14.4 Å². The van der Waals surface area contributed by atoms with Crippen LogP contribution in [-0.4, -0.2) is 35.6 Å². The maximum atomic E-state index is 11.2. The highest BCUT2D eigenvalue weighted by molar-refractivity contribution is 5.85. The highest BCUT2D eigenvalue weighted by Gasteiger charge is 2.19. The maximum absolute atomic E-state index is 11.2. The average molecular weight is 231 g/mol. The summed E-state index contributed by atoms with van der Waals surface area (Å²) in [6, 6.07) is -0.914. The Morgan fingerprint density at radius 3 is 2.44 bits per heavy atom. The molecule has 0 saturated carbocycles. The van der Waals surface area contributed by atoms with Crippen LogP contribution in [0.4, 0.5) is 0 Å². The Hall–Kier alpha value is -1.59. The molecule has 0 rings (SSSR count). The first-order chi connectivity index (χ1) is 7.47. The Balaban J connectivity index is 4.02. The molecule has 1 amide bonds. The third-order valence-electron chi connectivity index (χ3n) is 1.89. The summed E-state index contributed by atoms with van der Waals surface area (Å²) in [7, 11) is 0. The number of aliphatic carboxylic acids is 1. The maximum Gasteiger partial charge on any atom is 0.326 e. The molecule has 0 aliphatic rings. The smallest absolute Gasteiger partial charge is 0.326 e. The molecular formula is C10H17NO5. The minimum Gasteiger partial charge on any atom is -0.480 e. The summed E-state index contributed by atoms with van der Waals surface area (Å²) in [6.45, 7) is 2.67. The highest BCUT2D eigenvalue weighted by Crippen LogP contribution is 2.00. The van der Waals surface area contributed by atoms with E-state index in [0.717, 1.165) is 6.42 Å². The van der Waals surface area contributed by atoms with Crippen molar-refractivity contribution in [3.63, 3.8) is 0 Å². The van der Waals surface area contributed by atoms with Gasteiger partial charge in [-0.05, 0) is 6.42 Å². The van der Waals surface area contributed by atoms with Gasteiger partial charge in [0.15, 0.2) is 6.61 Å². The number of nitrogens with one attached hydrogen (secondary N) is 1. The average Bonchev–Trinajstić information content (AvgIpc) is 2.20. The summed E-state index contributed by atoms with van der Waals surface area (Å²) in [5.41, 5.74) is 0. The second kappa shape index (κ2) is 7.67. The molecule has 0 aliphatic carbocycles. The van der Waals surface area contributed by atoms with Gasteiger partial charge in [0.05, 0.1) is 0 Å². The number of carbonyl (C=O) groups is 3. The quantitative estimate of drug-likeness (QED) is 0.615. The number of carbonyl (C=O) groups excluding carboxylic acids is 2. The second-order valence-corrected chi connectivity index (χ2v) is 3.38. The summed E-state index contributed by atoms with van der Waals surface area (Å²) in [4.78, 5) is 32.4. The van der Waals surface area contributed by atoms with Gasteiger partial charge in [-0.25, -0.2) is 4.79 Å². The minimum absolute atomic E-state index is 0.373. The standard InChI is InChI=1S/C10H17NO5/c1-3-4-5-8(10(14)15)11-9(13)6-16-7(2)12/h8H,3-6H2,1-2H3,(H,11,13)(H,14,15)/t8-/m1/s1. The molecule has 0 unspecified atom stereocenters. The lowest BCUT2D eigenvalue weighted by molar-refractivity contribution is -0.148. The summed E-state index contributed by atoms with van der Waals surface area (Å²) in [5, 5.41) is 11.1. The Morgan fingerprint density at radius 1 is 1.38 bits per heavy atom. The molecule has 92 valence electrons. The Labute approximate surface area is 94.0 Å².